The quantitative estimate of drug-likeness (QED) is 0.890. The first-order chi connectivity index (χ1) is 8.70. The van der Waals surface area contributed by atoms with Gasteiger partial charge in [-0.15, -0.1) is 0 Å². The lowest BCUT2D eigenvalue weighted by molar-refractivity contribution is -0.136. The summed E-state index contributed by atoms with van der Waals surface area (Å²) in [6.45, 7) is 1.57. The highest BCUT2D eigenvalue weighted by atomic mass is 16.5. The first-order valence-electron chi connectivity index (χ1n) is 6.17. The largest absolute Gasteiger partial charge is 0.496 e. The van der Waals surface area contributed by atoms with Crippen molar-refractivity contribution in [3.8, 4) is 5.75 Å². The molecule has 1 saturated heterocycles. The summed E-state index contributed by atoms with van der Waals surface area (Å²) >= 11 is 0. The minimum absolute atomic E-state index is 0.000231. The molecule has 98 valence electrons. The summed E-state index contributed by atoms with van der Waals surface area (Å²) in [5, 5.41) is 8.91. The molecule has 0 bridgehead atoms. The molecular weight excluding hydrogens is 232 g/mol. The van der Waals surface area contributed by atoms with E-state index in [4.69, 9.17) is 14.6 Å². The van der Waals surface area contributed by atoms with E-state index in [2.05, 4.69) is 0 Å². The Morgan fingerprint density at radius 2 is 2.17 bits per heavy atom. The average molecular weight is 250 g/mol. The zero-order chi connectivity index (χ0) is 13.0. The number of benzene rings is 1. The second-order valence-corrected chi connectivity index (χ2v) is 4.53. The molecule has 1 heterocycles. The van der Waals surface area contributed by atoms with Crippen LogP contribution in [0.5, 0.6) is 5.75 Å². The van der Waals surface area contributed by atoms with Crippen molar-refractivity contribution in [3.05, 3.63) is 29.3 Å². The lowest BCUT2D eigenvalue weighted by Crippen LogP contribution is -2.14. The summed E-state index contributed by atoms with van der Waals surface area (Å²) in [6.07, 6.45) is 2.00. The van der Waals surface area contributed by atoms with Gasteiger partial charge >= 0.3 is 5.97 Å². The summed E-state index contributed by atoms with van der Waals surface area (Å²) in [4.78, 5) is 10.8. The summed E-state index contributed by atoms with van der Waals surface area (Å²) < 4.78 is 10.5. The zero-order valence-corrected chi connectivity index (χ0v) is 10.5. The molecule has 0 radical (unpaired) electrons. The van der Waals surface area contributed by atoms with Gasteiger partial charge in [-0.3, -0.25) is 4.79 Å². The molecule has 1 aromatic carbocycles. The standard InChI is InChI=1S/C14H18O4/c1-17-13-3-2-11(8-12(13)9-14(15)16)10-4-6-18-7-5-10/h2-3,8,10H,4-7,9H2,1H3,(H,15,16). The zero-order valence-electron chi connectivity index (χ0n) is 10.5. The predicted octanol–water partition coefficient (Wildman–Crippen LogP) is 2.22. The minimum atomic E-state index is -0.836. The van der Waals surface area contributed by atoms with E-state index in [0.717, 1.165) is 31.6 Å². The average Bonchev–Trinajstić information content (AvgIpc) is 2.39. The molecule has 1 N–H and O–H groups in total. The molecule has 4 nitrogen and oxygen atoms in total. The van der Waals surface area contributed by atoms with Gasteiger partial charge in [-0.25, -0.2) is 0 Å². The molecule has 0 unspecified atom stereocenters. The van der Waals surface area contributed by atoms with Crippen molar-refractivity contribution in [2.24, 2.45) is 0 Å². The van der Waals surface area contributed by atoms with Gasteiger partial charge in [0, 0.05) is 18.8 Å². The highest BCUT2D eigenvalue weighted by molar-refractivity contribution is 5.71. The highest BCUT2D eigenvalue weighted by Crippen LogP contribution is 2.30. The van der Waals surface area contributed by atoms with Crippen molar-refractivity contribution in [2.45, 2.75) is 25.2 Å². The van der Waals surface area contributed by atoms with Crippen molar-refractivity contribution < 1.29 is 19.4 Å². The maximum Gasteiger partial charge on any atom is 0.307 e. The van der Waals surface area contributed by atoms with Crippen LogP contribution in [0.2, 0.25) is 0 Å². The fraction of sp³-hybridized carbons (Fsp3) is 0.500. The number of ether oxygens (including phenoxy) is 2. The molecule has 1 aromatic rings. The van der Waals surface area contributed by atoms with Gasteiger partial charge in [0.1, 0.15) is 5.75 Å². The van der Waals surface area contributed by atoms with Gasteiger partial charge in [0.25, 0.3) is 0 Å². The number of carboxylic acids is 1. The van der Waals surface area contributed by atoms with Crippen molar-refractivity contribution >= 4 is 5.97 Å². The minimum Gasteiger partial charge on any atom is -0.496 e. The van der Waals surface area contributed by atoms with Crippen LogP contribution in [0, 0.1) is 0 Å². The molecule has 1 aliphatic rings. The second-order valence-electron chi connectivity index (χ2n) is 4.53. The first-order valence-corrected chi connectivity index (χ1v) is 6.17. The van der Waals surface area contributed by atoms with Crippen LogP contribution in [-0.4, -0.2) is 31.4 Å². The van der Waals surface area contributed by atoms with Crippen LogP contribution in [0.15, 0.2) is 18.2 Å². The molecule has 0 saturated carbocycles. The van der Waals surface area contributed by atoms with Gasteiger partial charge in [-0.1, -0.05) is 12.1 Å². The number of methoxy groups -OCH3 is 1. The van der Waals surface area contributed by atoms with E-state index in [9.17, 15) is 4.79 Å². The molecule has 0 aromatic heterocycles. The Bertz CT molecular complexity index is 422. The molecule has 0 atom stereocenters. The molecule has 1 aliphatic heterocycles. The molecule has 0 aliphatic carbocycles. The van der Waals surface area contributed by atoms with Crippen molar-refractivity contribution in [3.63, 3.8) is 0 Å². The molecule has 4 heteroatoms. The van der Waals surface area contributed by atoms with E-state index in [0.29, 0.717) is 11.7 Å². The Morgan fingerprint density at radius 3 is 2.78 bits per heavy atom. The van der Waals surface area contributed by atoms with E-state index >= 15 is 0 Å². The number of hydrogen-bond donors (Lipinski definition) is 1. The molecular formula is C14H18O4. The fourth-order valence-electron chi connectivity index (χ4n) is 2.38. The van der Waals surface area contributed by atoms with Crippen LogP contribution in [0.3, 0.4) is 0 Å². The lowest BCUT2D eigenvalue weighted by atomic mass is 9.90. The van der Waals surface area contributed by atoms with E-state index in [1.807, 2.05) is 18.2 Å². The molecule has 2 rings (SSSR count). The van der Waals surface area contributed by atoms with Gasteiger partial charge in [0.15, 0.2) is 0 Å². The number of carboxylic acid groups (broad SMARTS) is 1. The van der Waals surface area contributed by atoms with E-state index in [1.165, 1.54) is 5.56 Å². The van der Waals surface area contributed by atoms with Gasteiger partial charge in [-0.05, 0) is 30.4 Å². The number of hydrogen-bond acceptors (Lipinski definition) is 3. The number of aliphatic carboxylic acids is 1. The summed E-state index contributed by atoms with van der Waals surface area (Å²) in [6, 6.07) is 5.85. The number of rotatable bonds is 4. The maximum atomic E-state index is 10.8. The topological polar surface area (TPSA) is 55.8 Å². The molecule has 0 amide bonds. The molecule has 1 fully saturated rings. The Labute approximate surface area is 107 Å². The third-order valence-electron chi connectivity index (χ3n) is 3.34. The van der Waals surface area contributed by atoms with E-state index < -0.39 is 5.97 Å². The summed E-state index contributed by atoms with van der Waals surface area (Å²) in [5.41, 5.74) is 1.93. The Balaban J connectivity index is 2.23. The van der Waals surface area contributed by atoms with Crippen molar-refractivity contribution in [1.82, 2.24) is 0 Å². The van der Waals surface area contributed by atoms with Crippen LogP contribution in [-0.2, 0) is 16.0 Å². The molecule has 0 spiro atoms. The van der Waals surface area contributed by atoms with Crippen molar-refractivity contribution in [2.75, 3.05) is 20.3 Å². The lowest BCUT2D eigenvalue weighted by Gasteiger charge is -2.23. The predicted molar refractivity (Wildman–Crippen MR) is 67.1 cm³/mol. The van der Waals surface area contributed by atoms with E-state index in [-0.39, 0.29) is 6.42 Å². The second kappa shape index (κ2) is 5.87. The third kappa shape index (κ3) is 3.01. The van der Waals surface area contributed by atoms with Crippen LogP contribution in [0.25, 0.3) is 0 Å². The first kappa shape index (κ1) is 12.9. The van der Waals surface area contributed by atoms with Crippen LogP contribution in [0.1, 0.15) is 29.9 Å². The molecule has 18 heavy (non-hydrogen) atoms. The van der Waals surface area contributed by atoms with Crippen LogP contribution >= 0.6 is 0 Å². The Hall–Kier alpha value is -1.55. The fourth-order valence-corrected chi connectivity index (χ4v) is 2.38. The van der Waals surface area contributed by atoms with Gasteiger partial charge in [0.05, 0.1) is 13.5 Å². The normalized spacial score (nSPS) is 16.5. The van der Waals surface area contributed by atoms with Crippen LogP contribution < -0.4 is 4.74 Å². The third-order valence-corrected chi connectivity index (χ3v) is 3.34. The smallest absolute Gasteiger partial charge is 0.307 e. The van der Waals surface area contributed by atoms with Crippen molar-refractivity contribution in [1.29, 1.82) is 0 Å². The maximum absolute atomic E-state index is 10.8. The van der Waals surface area contributed by atoms with Gasteiger partial charge < -0.3 is 14.6 Å². The Kier molecular flexibility index (Phi) is 4.20. The van der Waals surface area contributed by atoms with E-state index in [1.54, 1.807) is 7.11 Å². The Morgan fingerprint density at radius 1 is 1.44 bits per heavy atom. The monoisotopic (exact) mass is 250 g/mol. The number of carbonyl (C=O) groups is 1. The van der Waals surface area contributed by atoms with Gasteiger partial charge in [0.2, 0.25) is 0 Å². The van der Waals surface area contributed by atoms with Crippen LogP contribution in [0.4, 0.5) is 0 Å². The summed E-state index contributed by atoms with van der Waals surface area (Å²) in [7, 11) is 1.56. The SMILES string of the molecule is COc1ccc(C2CCOCC2)cc1CC(=O)O. The summed E-state index contributed by atoms with van der Waals surface area (Å²) in [5.74, 6) is 0.280. The highest BCUT2D eigenvalue weighted by Gasteiger charge is 2.18. The van der Waals surface area contributed by atoms with Gasteiger partial charge in [-0.2, -0.15) is 0 Å².